The lowest BCUT2D eigenvalue weighted by atomic mass is 10.0. The van der Waals surface area contributed by atoms with Crippen molar-refractivity contribution in [1.29, 1.82) is 0 Å². The molecule has 0 saturated carbocycles. The molecule has 4 nitrogen and oxygen atoms in total. The third-order valence-corrected chi connectivity index (χ3v) is 2.74. The fraction of sp³-hybridized carbons (Fsp3) is 0.286. The first kappa shape index (κ1) is 12.4. The molecule has 0 fully saturated rings. The molecule has 0 radical (unpaired) electrons. The number of rotatable bonds is 3. The second kappa shape index (κ2) is 5.04. The normalized spacial score (nSPS) is 10.7. The summed E-state index contributed by atoms with van der Waals surface area (Å²) in [7, 11) is 0. The van der Waals surface area contributed by atoms with Crippen LogP contribution in [-0.2, 0) is 0 Å². The summed E-state index contributed by atoms with van der Waals surface area (Å²) in [6, 6.07) is 8.07. The van der Waals surface area contributed by atoms with E-state index in [1.807, 2.05) is 19.1 Å². The number of aromatic nitrogens is 2. The average molecular weight is 243 g/mol. The van der Waals surface area contributed by atoms with E-state index in [1.54, 1.807) is 12.3 Å². The Morgan fingerprint density at radius 2 is 2.00 bits per heavy atom. The van der Waals surface area contributed by atoms with Crippen molar-refractivity contribution >= 4 is 5.82 Å². The van der Waals surface area contributed by atoms with Gasteiger partial charge in [0.25, 0.3) is 0 Å². The zero-order chi connectivity index (χ0) is 13.1. The number of ether oxygens (including phenoxy) is 1. The highest BCUT2D eigenvalue weighted by molar-refractivity contribution is 5.39. The van der Waals surface area contributed by atoms with Crippen LogP contribution in [0.2, 0.25) is 0 Å². The second-order valence-electron chi connectivity index (χ2n) is 4.55. The SMILES string of the molecule is Cc1ccc(C(C)C)cc1Oc1nccc(N)n1. The first-order valence-electron chi connectivity index (χ1n) is 5.93. The summed E-state index contributed by atoms with van der Waals surface area (Å²) in [5.74, 6) is 1.62. The number of nitrogens with zero attached hydrogens (tertiary/aromatic N) is 2. The molecule has 1 aromatic carbocycles. The van der Waals surface area contributed by atoms with Gasteiger partial charge in [-0.25, -0.2) is 4.98 Å². The molecule has 0 unspecified atom stereocenters. The smallest absolute Gasteiger partial charge is 0.323 e. The van der Waals surface area contributed by atoms with Crippen LogP contribution < -0.4 is 10.5 Å². The van der Waals surface area contributed by atoms with Gasteiger partial charge < -0.3 is 10.5 Å². The van der Waals surface area contributed by atoms with Crippen LogP contribution in [0.3, 0.4) is 0 Å². The van der Waals surface area contributed by atoms with Crippen molar-refractivity contribution in [3.05, 3.63) is 41.6 Å². The van der Waals surface area contributed by atoms with Crippen molar-refractivity contribution in [1.82, 2.24) is 9.97 Å². The molecule has 18 heavy (non-hydrogen) atoms. The van der Waals surface area contributed by atoms with Crippen LogP contribution in [0.25, 0.3) is 0 Å². The standard InChI is InChI=1S/C14H17N3O/c1-9(2)11-5-4-10(3)12(8-11)18-14-16-7-6-13(15)17-14/h4-9H,1-3H3,(H2,15,16,17). The summed E-state index contributed by atoms with van der Waals surface area (Å²) in [5, 5.41) is 0. The molecule has 1 aromatic heterocycles. The monoisotopic (exact) mass is 243 g/mol. The van der Waals surface area contributed by atoms with E-state index in [1.165, 1.54) is 5.56 Å². The van der Waals surface area contributed by atoms with Crippen LogP contribution in [0.4, 0.5) is 5.82 Å². The van der Waals surface area contributed by atoms with Crippen molar-refractivity contribution < 1.29 is 4.74 Å². The van der Waals surface area contributed by atoms with E-state index in [0.717, 1.165) is 11.3 Å². The van der Waals surface area contributed by atoms with Crippen LogP contribution in [-0.4, -0.2) is 9.97 Å². The average Bonchev–Trinajstić information content (AvgIpc) is 2.31. The van der Waals surface area contributed by atoms with Crippen LogP contribution in [0.15, 0.2) is 30.5 Å². The fourth-order valence-electron chi connectivity index (χ4n) is 1.59. The molecule has 2 rings (SSSR count). The molecule has 0 spiro atoms. The molecule has 0 aliphatic heterocycles. The van der Waals surface area contributed by atoms with E-state index >= 15 is 0 Å². The van der Waals surface area contributed by atoms with Gasteiger partial charge in [0.05, 0.1) is 0 Å². The minimum Gasteiger partial charge on any atom is -0.424 e. The van der Waals surface area contributed by atoms with Gasteiger partial charge in [-0.05, 0) is 36.1 Å². The Labute approximate surface area is 107 Å². The maximum atomic E-state index is 5.68. The predicted octanol–water partition coefficient (Wildman–Crippen LogP) is 3.28. The summed E-state index contributed by atoms with van der Waals surface area (Å²) < 4.78 is 5.68. The molecule has 2 aromatic rings. The third-order valence-electron chi connectivity index (χ3n) is 2.74. The minimum atomic E-state index is 0.277. The van der Waals surface area contributed by atoms with Crippen molar-refractivity contribution in [2.45, 2.75) is 26.7 Å². The molecule has 0 atom stereocenters. The quantitative estimate of drug-likeness (QED) is 0.898. The Balaban J connectivity index is 2.30. The highest BCUT2D eigenvalue weighted by Crippen LogP contribution is 2.27. The van der Waals surface area contributed by atoms with E-state index in [9.17, 15) is 0 Å². The highest BCUT2D eigenvalue weighted by atomic mass is 16.5. The first-order valence-corrected chi connectivity index (χ1v) is 5.93. The van der Waals surface area contributed by atoms with Crippen LogP contribution in [0.1, 0.15) is 30.9 Å². The second-order valence-corrected chi connectivity index (χ2v) is 4.55. The van der Waals surface area contributed by atoms with Crippen molar-refractivity contribution in [2.24, 2.45) is 0 Å². The zero-order valence-corrected chi connectivity index (χ0v) is 10.8. The molecule has 0 bridgehead atoms. The van der Waals surface area contributed by atoms with Gasteiger partial charge in [-0.1, -0.05) is 26.0 Å². The van der Waals surface area contributed by atoms with Crippen LogP contribution in [0.5, 0.6) is 11.8 Å². The maximum absolute atomic E-state index is 5.68. The lowest BCUT2D eigenvalue weighted by Gasteiger charge is -2.11. The van der Waals surface area contributed by atoms with Crippen LogP contribution in [0, 0.1) is 6.92 Å². The van der Waals surface area contributed by atoms with E-state index in [2.05, 4.69) is 29.9 Å². The zero-order valence-electron chi connectivity index (χ0n) is 10.8. The van der Waals surface area contributed by atoms with Gasteiger partial charge in [-0.15, -0.1) is 0 Å². The molecular weight excluding hydrogens is 226 g/mol. The van der Waals surface area contributed by atoms with Crippen molar-refractivity contribution in [3.8, 4) is 11.8 Å². The molecule has 0 aliphatic rings. The van der Waals surface area contributed by atoms with E-state index in [-0.39, 0.29) is 6.01 Å². The van der Waals surface area contributed by atoms with Gasteiger partial charge in [0.2, 0.25) is 0 Å². The molecule has 1 heterocycles. The van der Waals surface area contributed by atoms with Gasteiger partial charge in [-0.2, -0.15) is 4.98 Å². The Bertz CT molecular complexity index is 552. The number of hydrogen-bond donors (Lipinski definition) is 1. The Hall–Kier alpha value is -2.10. The first-order chi connectivity index (χ1) is 8.56. The fourth-order valence-corrected chi connectivity index (χ4v) is 1.59. The third kappa shape index (κ3) is 2.77. The molecular formula is C14H17N3O. The number of nitrogen functional groups attached to an aromatic ring is 1. The van der Waals surface area contributed by atoms with Gasteiger partial charge >= 0.3 is 6.01 Å². The number of benzene rings is 1. The lowest BCUT2D eigenvalue weighted by Crippen LogP contribution is -1.98. The van der Waals surface area contributed by atoms with Gasteiger partial charge in [0, 0.05) is 6.20 Å². The Kier molecular flexibility index (Phi) is 3.46. The van der Waals surface area contributed by atoms with Gasteiger partial charge in [0.1, 0.15) is 11.6 Å². The molecule has 94 valence electrons. The topological polar surface area (TPSA) is 61.0 Å². The molecule has 2 N–H and O–H groups in total. The minimum absolute atomic E-state index is 0.277. The largest absolute Gasteiger partial charge is 0.424 e. The van der Waals surface area contributed by atoms with E-state index < -0.39 is 0 Å². The Morgan fingerprint density at radius 3 is 2.67 bits per heavy atom. The number of hydrogen-bond acceptors (Lipinski definition) is 4. The van der Waals surface area contributed by atoms with Gasteiger partial charge in [-0.3, -0.25) is 0 Å². The maximum Gasteiger partial charge on any atom is 0.323 e. The summed E-state index contributed by atoms with van der Waals surface area (Å²) in [6.45, 7) is 6.28. The number of nitrogens with two attached hydrogens (primary N) is 1. The Morgan fingerprint density at radius 1 is 1.22 bits per heavy atom. The van der Waals surface area contributed by atoms with E-state index in [4.69, 9.17) is 10.5 Å². The molecule has 4 heteroatoms. The van der Waals surface area contributed by atoms with Crippen molar-refractivity contribution in [3.63, 3.8) is 0 Å². The molecule has 0 aliphatic carbocycles. The highest BCUT2D eigenvalue weighted by Gasteiger charge is 2.07. The van der Waals surface area contributed by atoms with Crippen LogP contribution >= 0.6 is 0 Å². The summed E-state index contributed by atoms with van der Waals surface area (Å²) in [6.07, 6.45) is 1.58. The van der Waals surface area contributed by atoms with Crippen molar-refractivity contribution in [2.75, 3.05) is 5.73 Å². The summed E-state index contributed by atoms with van der Waals surface area (Å²) in [4.78, 5) is 8.07. The predicted molar refractivity (Wildman–Crippen MR) is 71.8 cm³/mol. The van der Waals surface area contributed by atoms with Gasteiger partial charge in [0.15, 0.2) is 0 Å². The summed E-state index contributed by atoms with van der Waals surface area (Å²) in [5.41, 5.74) is 7.87. The number of anilines is 1. The number of aryl methyl sites for hydroxylation is 1. The van der Waals surface area contributed by atoms with E-state index in [0.29, 0.717) is 11.7 Å². The molecule has 0 saturated heterocycles. The lowest BCUT2D eigenvalue weighted by molar-refractivity contribution is 0.438. The molecule has 0 amide bonds. The summed E-state index contributed by atoms with van der Waals surface area (Å²) >= 11 is 0.